The summed E-state index contributed by atoms with van der Waals surface area (Å²) in [5.41, 5.74) is 0. The molecule has 2 aliphatic rings. The van der Waals surface area contributed by atoms with Gasteiger partial charge in [-0.2, -0.15) is 0 Å². The van der Waals surface area contributed by atoms with Gasteiger partial charge in [0.2, 0.25) is 11.8 Å². The highest BCUT2D eigenvalue weighted by atomic mass is 16.4. The molecule has 2 rings (SSSR count). The van der Waals surface area contributed by atoms with Crippen molar-refractivity contribution in [3.05, 3.63) is 12.2 Å². The summed E-state index contributed by atoms with van der Waals surface area (Å²) in [5, 5.41) is 11.6. The standard InChI is InChI=1S/C14H20N2O4/c17-12(16-6-1-2-7-16)9-15-13(18)10-4-3-5-11(8-10)14(19)20/h1-2,10-11H,3-9H2,(H,15,18)(H,19,20)/t10-,11+/m0/s1. The second-order valence-electron chi connectivity index (χ2n) is 5.39. The van der Waals surface area contributed by atoms with Gasteiger partial charge in [0.1, 0.15) is 0 Å². The molecule has 2 amide bonds. The summed E-state index contributed by atoms with van der Waals surface area (Å²) in [6.07, 6.45) is 6.29. The first-order chi connectivity index (χ1) is 9.58. The van der Waals surface area contributed by atoms with Crippen LogP contribution in [0.5, 0.6) is 0 Å². The third kappa shape index (κ3) is 3.59. The van der Waals surface area contributed by atoms with Gasteiger partial charge in [-0.1, -0.05) is 18.6 Å². The Bertz CT molecular complexity index is 425. The molecule has 0 aromatic rings. The summed E-state index contributed by atoms with van der Waals surface area (Å²) < 4.78 is 0. The van der Waals surface area contributed by atoms with Gasteiger partial charge in [-0.05, 0) is 19.3 Å². The van der Waals surface area contributed by atoms with Crippen molar-refractivity contribution in [3.63, 3.8) is 0 Å². The summed E-state index contributed by atoms with van der Waals surface area (Å²) in [6.45, 7) is 1.19. The van der Waals surface area contributed by atoms with Crippen LogP contribution in [0.1, 0.15) is 25.7 Å². The number of carbonyl (C=O) groups excluding carboxylic acids is 2. The first-order valence-corrected chi connectivity index (χ1v) is 7.01. The van der Waals surface area contributed by atoms with E-state index in [0.29, 0.717) is 32.4 Å². The summed E-state index contributed by atoms with van der Waals surface area (Å²) in [7, 11) is 0. The van der Waals surface area contributed by atoms with Crippen molar-refractivity contribution in [2.45, 2.75) is 25.7 Å². The van der Waals surface area contributed by atoms with Gasteiger partial charge in [-0.15, -0.1) is 0 Å². The maximum Gasteiger partial charge on any atom is 0.306 e. The number of nitrogens with zero attached hydrogens (tertiary/aromatic N) is 1. The van der Waals surface area contributed by atoms with Crippen molar-refractivity contribution >= 4 is 17.8 Å². The molecule has 0 aromatic heterocycles. The van der Waals surface area contributed by atoms with E-state index in [-0.39, 0.29) is 24.3 Å². The number of carboxylic acid groups (broad SMARTS) is 1. The van der Waals surface area contributed by atoms with Crippen molar-refractivity contribution in [1.29, 1.82) is 0 Å². The fourth-order valence-electron chi connectivity index (χ4n) is 2.75. The van der Waals surface area contributed by atoms with Gasteiger partial charge < -0.3 is 15.3 Å². The molecule has 1 fully saturated rings. The van der Waals surface area contributed by atoms with Crippen LogP contribution in [0.15, 0.2) is 12.2 Å². The second-order valence-corrected chi connectivity index (χ2v) is 5.39. The van der Waals surface area contributed by atoms with Gasteiger partial charge in [0.15, 0.2) is 0 Å². The molecule has 0 bridgehead atoms. The fourth-order valence-corrected chi connectivity index (χ4v) is 2.75. The van der Waals surface area contributed by atoms with Crippen molar-refractivity contribution in [2.75, 3.05) is 19.6 Å². The number of carboxylic acids is 1. The summed E-state index contributed by atoms with van der Waals surface area (Å²) in [4.78, 5) is 36.4. The second kappa shape index (κ2) is 6.54. The molecular formula is C14H20N2O4. The lowest BCUT2D eigenvalue weighted by atomic mass is 9.81. The minimum atomic E-state index is -0.832. The minimum absolute atomic E-state index is 0.00521. The van der Waals surface area contributed by atoms with Gasteiger partial charge >= 0.3 is 5.97 Å². The molecule has 2 N–H and O–H groups in total. The fraction of sp³-hybridized carbons (Fsp3) is 0.643. The molecular weight excluding hydrogens is 260 g/mol. The van der Waals surface area contributed by atoms with Crippen LogP contribution < -0.4 is 5.32 Å². The molecule has 0 aromatic carbocycles. The van der Waals surface area contributed by atoms with Gasteiger partial charge in [-0.25, -0.2) is 0 Å². The quantitative estimate of drug-likeness (QED) is 0.729. The first kappa shape index (κ1) is 14.6. The van der Waals surface area contributed by atoms with Crippen LogP contribution in [0.25, 0.3) is 0 Å². The molecule has 0 radical (unpaired) electrons. The average molecular weight is 280 g/mol. The molecule has 0 unspecified atom stereocenters. The van der Waals surface area contributed by atoms with Crippen LogP contribution in [0.3, 0.4) is 0 Å². The molecule has 1 heterocycles. The zero-order chi connectivity index (χ0) is 14.5. The molecule has 1 aliphatic heterocycles. The number of hydrogen-bond acceptors (Lipinski definition) is 3. The highest BCUT2D eigenvalue weighted by Gasteiger charge is 2.31. The highest BCUT2D eigenvalue weighted by molar-refractivity contribution is 5.86. The molecule has 1 aliphatic carbocycles. The Kier molecular flexibility index (Phi) is 4.76. The van der Waals surface area contributed by atoms with Crippen LogP contribution >= 0.6 is 0 Å². The summed E-state index contributed by atoms with van der Waals surface area (Å²) >= 11 is 0. The van der Waals surface area contributed by atoms with E-state index >= 15 is 0 Å². The first-order valence-electron chi connectivity index (χ1n) is 7.01. The largest absolute Gasteiger partial charge is 0.481 e. The zero-order valence-corrected chi connectivity index (χ0v) is 11.4. The Hall–Kier alpha value is -1.85. The van der Waals surface area contributed by atoms with Gasteiger partial charge in [0, 0.05) is 19.0 Å². The lowest BCUT2D eigenvalue weighted by molar-refractivity contribution is -0.144. The maximum atomic E-state index is 12.0. The predicted molar refractivity (Wildman–Crippen MR) is 71.8 cm³/mol. The normalized spacial score (nSPS) is 25.5. The van der Waals surface area contributed by atoms with E-state index in [1.165, 1.54) is 0 Å². The Balaban J connectivity index is 1.76. The molecule has 0 spiro atoms. The molecule has 6 nitrogen and oxygen atoms in total. The molecule has 2 atom stereocenters. The highest BCUT2D eigenvalue weighted by Crippen LogP contribution is 2.29. The molecule has 20 heavy (non-hydrogen) atoms. The Morgan fingerprint density at radius 1 is 1.15 bits per heavy atom. The predicted octanol–water partition coefficient (Wildman–Crippen LogP) is 0.392. The smallest absolute Gasteiger partial charge is 0.306 e. The number of carbonyl (C=O) groups is 3. The minimum Gasteiger partial charge on any atom is -0.481 e. The van der Waals surface area contributed by atoms with E-state index in [9.17, 15) is 14.4 Å². The monoisotopic (exact) mass is 280 g/mol. The van der Waals surface area contributed by atoms with Gasteiger partial charge in [0.05, 0.1) is 12.5 Å². The van der Waals surface area contributed by atoms with Crippen LogP contribution in [0, 0.1) is 11.8 Å². The third-order valence-corrected chi connectivity index (χ3v) is 3.98. The van der Waals surface area contributed by atoms with Crippen molar-refractivity contribution < 1.29 is 19.5 Å². The SMILES string of the molecule is O=C(O)[C@@H]1CCC[C@H](C(=O)NCC(=O)N2CC=CC2)C1. The van der Waals surface area contributed by atoms with Gasteiger partial charge in [-0.3, -0.25) is 14.4 Å². The van der Waals surface area contributed by atoms with E-state index in [4.69, 9.17) is 5.11 Å². The number of aliphatic carboxylic acids is 1. The van der Waals surface area contributed by atoms with E-state index in [1.54, 1.807) is 4.90 Å². The number of hydrogen-bond donors (Lipinski definition) is 2. The summed E-state index contributed by atoms with van der Waals surface area (Å²) in [6, 6.07) is 0. The molecule has 110 valence electrons. The van der Waals surface area contributed by atoms with Crippen LogP contribution in [0.2, 0.25) is 0 Å². The van der Waals surface area contributed by atoms with Crippen molar-refractivity contribution in [3.8, 4) is 0 Å². The van der Waals surface area contributed by atoms with E-state index in [1.807, 2.05) is 12.2 Å². The van der Waals surface area contributed by atoms with Crippen LogP contribution in [0.4, 0.5) is 0 Å². The maximum absolute atomic E-state index is 12.0. The lowest BCUT2D eigenvalue weighted by Gasteiger charge is -2.26. The summed E-state index contributed by atoms with van der Waals surface area (Å²) in [5.74, 6) is -1.85. The number of rotatable bonds is 4. The van der Waals surface area contributed by atoms with Crippen LogP contribution in [-0.2, 0) is 14.4 Å². The Labute approximate surface area is 117 Å². The Morgan fingerprint density at radius 2 is 1.80 bits per heavy atom. The molecule has 6 heteroatoms. The van der Waals surface area contributed by atoms with E-state index < -0.39 is 11.9 Å². The third-order valence-electron chi connectivity index (χ3n) is 3.98. The number of amides is 2. The Morgan fingerprint density at radius 3 is 2.45 bits per heavy atom. The van der Waals surface area contributed by atoms with Gasteiger partial charge in [0.25, 0.3) is 0 Å². The molecule has 1 saturated carbocycles. The van der Waals surface area contributed by atoms with Crippen molar-refractivity contribution in [2.24, 2.45) is 11.8 Å². The van der Waals surface area contributed by atoms with Crippen molar-refractivity contribution in [1.82, 2.24) is 10.2 Å². The zero-order valence-electron chi connectivity index (χ0n) is 11.4. The van der Waals surface area contributed by atoms with Crippen LogP contribution in [-0.4, -0.2) is 47.4 Å². The average Bonchev–Trinajstić information content (AvgIpc) is 2.98. The lowest BCUT2D eigenvalue weighted by Crippen LogP contribution is -2.42. The molecule has 0 saturated heterocycles. The van der Waals surface area contributed by atoms with E-state index in [0.717, 1.165) is 6.42 Å². The topological polar surface area (TPSA) is 86.7 Å². The number of nitrogens with one attached hydrogen (secondary N) is 1. The van der Waals surface area contributed by atoms with E-state index in [2.05, 4.69) is 5.32 Å².